The minimum absolute atomic E-state index is 0.00711. The summed E-state index contributed by atoms with van der Waals surface area (Å²) in [5.41, 5.74) is 6.26. The van der Waals surface area contributed by atoms with Crippen molar-refractivity contribution in [1.29, 1.82) is 0 Å². The standard InChI is InChI=1S/C15H17N3O2S/c1-8-3-4-13(21-8)10-6-11(10)15(20)17-9-5-12(14(16)19)18(2)7-9/h3-5,7,10-11H,6H2,1-2H3,(H2,16,19)(H,17,20). The first-order chi connectivity index (χ1) is 9.95. The Kier molecular flexibility index (Phi) is 3.33. The van der Waals surface area contributed by atoms with Gasteiger partial charge in [-0.15, -0.1) is 11.3 Å². The van der Waals surface area contributed by atoms with E-state index in [2.05, 4.69) is 24.4 Å². The van der Waals surface area contributed by atoms with Gasteiger partial charge in [0.05, 0.1) is 5.69 Å². The maximum atomic E-state index is 12.2. The number of aryl methyl sites for hydroxylation is 2. The van der Waals surface area contributed by atoms with Gasteiger partial charge >= 0.3 is 0 Å². The number of amides is 2. The van der Waals surface area contributed by atoms with Gasteiger partial charge in [0.25, 0.3) is 5.91 Å². The molecule has 0 spiro atoms. The van der Waals surface area contributed by atoms with Crippen molar-refractivity contribution in [2.45, 2.75) is 19.3 Å². The molecule has 21 heavy (non-hydrogen) atoms. The van der Waals surface area contributed by atoms with Gasteiger partial charge in [0.1, 0.15) is 5.69 Å². The van der Waals surface area contributed by atoms with Gasteiger partial charge in [0.2, 0.25) is 5.91 Å². The van der Waals surface area contributed by atoms with Crippen molar-refractivity contribution in [3.8, 4) is 0 Å². The van der Waals surface area contributed by atoms with Crippen LogP contribution in [0.2, 0.25) is 0 Å². The van der Waals surface area contributed by atoms with Crippen molar-refractivity contribution in [3.05, 3.63) is 39.8 Å². The van der Waals surface area contributed by atoms with Crippen LogP contribution in [0.15, 0.2) is 24.4 Å². The molecule has 2 heterocycles. The third kappa shape index (κ3) is 2.71. The quantitative estimate of drug-likeness (QED) is 0.908. The molecular weight excluding hydrogens is 286 g/mol. The number of hydrogen-bond donors (Lipinski definition) is 2. The first kappa shape index (κ1) is 13.9. The monoisotopic (exact) mass is 303 g/mol. The van der Waals surface area contributed by atoms with E-state index in [1.54, 1.807) is 35.2 Å². The number of anilines is 1. The predicted molar refractivity (Wildman–Crippen MR) is 82.5 cm³/mol. The highest BCUT2D eigenvalue weighted by atomic mass is 32.1. The van der Waals surface area contributed by atoms with Crippen molar-refractivity contribution in [2.24, 2.45) is 18.7 Å². The lowest BCUT2D eigenvalue weighted by atomic mass is 10.2. The molecule has 2 atom stereocenters. The van der Waals surface area contributed by atoms with Crippen LogP contribution in [0.25, 0.3) is 0 Å². The zero-order valence-electron chi connectivity index (χ0n) is 11.9. The Morgan fingerprint density at radius 3 is 2.76 bits per heavy atom. The van der Waals surface area contributed by atoms with Crippen molar-refractivity contribution in [1.82, 2.24) is 4.57 Å². The summed E-state index contributed by atoms with van der Waals surface area (Å²) in [6, 6.07) is 5.79. The highest BCUT2D eigenvalue weighted by molar-refractivity contribution is 7.12. The van der Waals surface area contributed by atoms with Gasteiger partial charge in [-0.05, 0) is 31.5 Å². The van der Waals surface area contributed by atoms with Gasteiger partial charge in [0, 0.05) is 34.8 Å². The molecule has 0 aliphatic heterocycles. The number of rotatable bonds is 4. The maximum absolute atomic E-state index is 12.2. The van der Waals surface area contributed by atoms with Gasteiger partial charge in [-0.1, -0.05) is 0 Å². The molecular formula is C15H17N3O2S. The first-order valence-corrected chi connectivity index (χ1v) is 7.60. The molecule has 1 saturated carbocycles. The van der Waals surface area contributed by atoms with Crippen molar-refractivity contribution in [3.63, 3.8) is 0 Å². The van der Waals surface area contributed by atoms with Crippen molar-refractivity contribution in [2.75, 3.05) is 5.32 Å². The van der Waals surface area contributed by atoms with Gasteiger partial charge in [-0.25, -0.2) is 0 Å². The van der Waals surface area contributed by atoms with E-state index in [1.807, 2.05) is 0 Å². The minimum Gasteiger partial charge on any atom is -0.364 e. The van der Waals surface area contributed by atoms with Crippen LogP contribution in [-0.4, -0.2) is 16.4 Å². The summed E-state index contributed by atoms with van der Waals surface area (Å²) in [5, 5.41) is 2.86. The second-order valence-electron chi connectivity index (χ2n) is 5.48. The molecule has 2 aromatic rings. The van der Waals surface area contributed by atoms with E-state index in [0.29, 0.717) is 17.3 Å². The Morgan fingerprint density at radius 1 is 1.43 bits per heavy atom. The lowest BCUT2D eigenvalue weighted by molar-refractivity contribution is -0.117. The van der Waals surface area contributed by atoms with Gasteiger partial charge in [0.15, 0.2) is 0 Å². The number of aromatic nitrogens is 1. The summed E-state index contributed by atoms with van der Waals surface area (Å²) in [5.74, 6) is -0.132. The summed E-state index contributed by atoms with van der Waals surface area (Å²) in [6.07, 6.45) is 2.59. The summed E-state index contributed by atoms with van der Waals surface area (Å²) in [4.78, 5) is 26.0. The zero-order valence-corrected chi connectivity index (χ0v) is 12.7. The van der Waals surface area contributed by atoms with Crippen molar-refractivity contribution >= 4 is 28.8 Å². The molecule has 1 fully saturated rings. The number of nitrogens with two attached hydrogens (primary N) is 1. The largest absolute Gasteiger partial charge is 0.364 e. The Labute approximate surface area is 126 Å². The number of nitrogens with zero attached hydrogens (tertiary/aromatic N) is 1. The molecule has 2 aromatic heterocycles. The van der Waals surface area contributed by atoms with E-state index in [-0.39, 0.29) is 11.8 Å². The Morgan fingerprint density at radius 2 is 2.19 bits per heavy atom. The molecule has 0 saturated heterocycles. The highest BCUT2D eigenvalue weighted by Gasteiger charge is 2.44. The molecule has 2 unspecified atom stereocenters. The highest BCUT2D eigenvalue weighted by Crippen LogP contribution is 2.50. The smallest absolute Gasteiger partial charge is 0.265 e. The average molecular weight is 303 g/mol. The van der Waals surface area contributed by atoms with Crippen LogP contribution >= 0.6 is 11.3 Å². The molecule has 5 nitrogen and oxygen atoms in total. The second kappa shape index (κ2) is 5.04. The van der Waals surface area contributed by atoms with Crippen LogP contribution in [0.4, 0.5) is 5.69 Å². The second-order valence-corrected chi connectivity index (χ2v) is 6.80. The number of hydrogen-bond acceptors (Lipinski definition) is 3. The summed E-state index contributed by atoms with van der Waals surface area (Å²) < 4.78 is 1.62. The van der Waals surface area contributed by atoms with E-state index in [0.717, 1.165) is 6.42 Å². The van der Waals surface area contributed by atoms with Gasteiger partial charge in [-0.2, -0.15) is 0 Å². The third-order valence-corrected chi connectivity index (χ3v) is 4.91. The number of carbonyl (C=O) groups is 2. The Bertz CT molecular complexity index is 716. The fourth-order valence-corrected chi connectivity index (χ4v) is 3.62. The lowest BCUT2D eigenvalue weighted by Gasteiger charge is -2.01. The number of carbonyl (C=O) groups excluding carboxylic acids is 2. The normalized spacial score (nSPS) is 20.3. The molecule has 3 N–H and O–H groups in total. The van der Waals surface area contributed by atoms with Crippen LogP contribution in [0.5, 0.6) is 0 Å². The number of thiophene rings is 1. The fourth-order valence-electron chi connectivity index (χ4n) is 2.56. The van der Waals surface area contributed by atoms with E-state index >= 15 is 0 Å². The van der Waals surface area contributed by atoms with Crippen LogP contribution < -0.4 is 11.1 Å². The molecule has 0 aromatic carbocycles. The van der Waals surface area contributed by atoms with Crippen LogP contribution in [-0.2, 0) is 11.8 Å². The van der Waals surface area contributed by atoms with Crippen LogP contribution in [0.1, 0.15) is 32.6 Å². The molecule has 3 rings (SSSR count). The van der Waals surface area contributed by atoms with Gasteiger partial charge in [-0.3, -0.25) is 9.59 Å². The molecule has 6 heteroatoms. The summed E-state index contributed by atoms with van der Waals surface area (Å²) >= 11 is 1.75. The summed E-state index contributed by atoms with van der Waals surface area (Å²) in [7, 11) is 1.73. The molecule has 110 valence electrons. The van der Waals surface area contributed by atoms with Crippen LogP contribution in [0.3, 0.4) is 0 Å². The number of primary amides is 1. The SMILES string of the molecule is Cc1ccc(C2CC2C(=O)Nc2cc(C(N)=O)n(C)c2)s1. The molecule has 0 radical (unpaired) electrons. The lowest BCUT2D eigenvalue weighted by Crippen LogP contribution is -2.14. The topological polar surface area (TPSA) is 77.1 Å². The van der Waals surface area contributed by atoms with Crippen LogP contribution in [0, 0.1) is 12.8 Å². The Balaban J connectivity index is 1.65. The molecule has 2 amide bonds. The van der Waals surface area contributed by atoms with E-state index in [4.69, 9.17) is 5.73 Å². The molecule has 1 aliphatic rings. The zero-order chi connectivity index (χ0) is 15.1. The maximum Gasteiger partial charge on any atom is 0.265 e. The number of nitrogens with one attached hydrogen (secondary N) is 1. The fraction of sp³-hybridized carbons (Fsp3) is 0.333. The Hall–Kier alpha value is -2.08. The van der Waals surface area contributed by atoms with Gasteiger partial charge < -0.3 is 15.6 Å². The molecule has 1 aliphatic carbocycles. The molecule has 0 bridgehead atoms. The van der Waals surface area contributed by atoms with E-state index in [1.165, 1.54) is 9.75 Å². The summed E-state index contributed by atoms with van der Waals surface area (Å²) in [6.45, 7) is 2.07. The third-order valence-electron chi connectivity index (χ3n) is 3.78. The first-order valence-electron chi connectivity index (χ1n) is 6.79. The van der Waals surface area contributed by atoms with E-state index < -0.39 is 5.91 Å². The minimum atomic E-state index is -0.503. The predicted octanol–water partition coefficient (Wildman–Crippen LogP) is 2.24. The average Bonchev–Trinajstić information content (AvgIpc) is 2.97. The van der Waals surface area contributed by atoms with Crippen molar-refractivity contribution < 1.29 is 9.59 Å². The van der Waals surface area contributed by atoms with E-state index in [9.17, 15) is 9.59 Å².